The number of carbonyl (C=O) groups is 1. The molecule has 0 aromatic carbocycles. The number of likely N-dealkylation sites (N-methyl/N-ethyl adjacent to an activating group) is 1. The van der Waals surface area contributed by atoms with Crippen molar-refractivity contribution in [2.24, 2.45) is 5.92 Å². The largest absolute Gasteiger partial charge is 0.380 e. The highest BCUT2D eigenvalue weighted by Gasteiger charge is 2.32. The van der Waals surface area contributed by atoms with Gasteiger partial charge in [0.25, 0.3) is 5.91 Å². The Labute approximate surface area is 143 Å². The molecule has 2 aliphatic rings. The monoisotopic (exact) mass is 336 g/mol. The number of hydrogen-bond donors (Lipinski definition) is 0. The van der Waals surface area contributed by atoms with E-state index in [1.54, 1.807) is 6.20 Å². The first kappa shape index (κ1) is 17.4. The lowest BCUT2D eigenvalue weighted by molar-refractivity contribution is -0.142. The molecule has 0 radical (unpaired) electrons. The Kier molecular flexibility index (Phi) is 5.86. The van der Waals surface area contributed by atoms with Gasteiger partial charge in [-0.25, -0.2) is 0 Å². The minimum absolute atomic E-state index is 0.112. The second-order valence-electron chi connectivity index (χ2n) is 6.97. The summed E-state index contributed by atoms with van der Waals surface area (Å²) in [4.78, 5) is 16.8. The summed E-state index contributed by atoms with van der Waals surface area (Å²) in [6, 6.07) is 1.99. The van der Waals surface area contributed by atoms with E-state index in [1.807, 2.05) is 29.7 Å². The van der Waals surface area contributed by atoms with Crippen LogP contribution in [0.4, 0.5) is 0 Å². The smallest absolute Gasteiger partial charge is 0.252 e. The SMILES string of the molecule is CN(C)CCOC[C@H]1CN(C(=O)[C@H]2CCCO2)Cc2ccnn2C1. The lowest BCUT2D eigenvalue weighted by atomic mass is 10.1. The van der Waals surface area contributed by atoms with Crippen molar-refractivity contribution < 1.29 is 14.3 Å². The molecule has 134 valence electrons. The van der Waals surface area contributed by atoms with Crippen molar-refractivity contribution in [1.82, 2.24) is 19.6 Å². The Morgan fingerprint density at radius 3 is 3.08 bits per heavy atom. The van der Waals surface area contributed by atoms with Gasteiger partial charge in [0.15, 0.2) is 0 Å². The van der Waals surface area contributed by atoms with Gasteiger partial charge in [-0.15, -0.1) is 0 Å². The molecule has 24 heavy (non-hydrogen) atoms. The summed E-state index contributed by atoms with van der Waals surface area (Å²) in [7, 11) is 4.07. The summed E-state index contributed by atoms with van der Waals surface area (Å²) in [5.74, 6) is 0.360. The molecular formula is C17H28N4O3. The van der Waals surface area contributed by atoms with E-state index >= 15 is 0 Å². The molecule has 3 rings (SSSR count). The van der Waals surface area contributed by atoms with Crippen LogP contribution in [-0.4, -0.2) is 78.6 Å². The van der Waals surface area contributed by atoms with Crippen LogP contribution in [0.15, 0.2) is 12.3 Å². The molecule has 0 unspecified atom stereocenters. The lowest BCUT2D eigenvalue weighted by Crippen LogP contribution is -2.41. The van der Waals surface area contributed by atoms with E-state index in [0.29, 0.717) is 32.9 Å². The van der Waals surface area contributed by atoms with Crippen molar-refractivity contribution in [3.8, 4) is 0 Å². The molecular weight excluding hydrogens is 308 g/mol. The highest BCUT2D eigenvalue weighted by molar-refractivity contribution is 5.81. The Morgan fingerprint density at radius 2 is 2.33 bits per heavy atom. The van der Waals surface area contributed by atoms with Crippen molar-refractivity contribution in [3.63, 3.8) is 0 Å². The fourth-order valence-electron chi connectivity index (χ4n) is 3.28. The second kappa shape index (κ2) is 8.09. The number of aromatic nitrogens is 2. The van der Waals surface area contributed by atoms with Crippen LogP contribution in [0.5, 0.6) is 0 Å². The van der Waals surface area contributed by atoms with Crippen LogP contribution in [0.1, 0.15) is 18.5 Å². The number of amides is 1. The highest BCUT2D eigenvalue weighted by atomic mass is 16.5. The molecule has 0 N–H and O–H groups in total. The molecule has 1 fully saturated rings. The number of fused-ring (bicyclic) bond motifs is 1. The van der Waals surface area contributed by atoms with E-state index in [9.17, 15) is 4.79 Å². The summed E-state index contributed by atoms with van der Waals surface area (Å²) in [6.07, 6.45) is 3.34. The zero-order chi connectivity index (χ0) is 16.9. The normalized spacial score (nSPS) is 24.2. The van der Waals surface area contributed by atoms with Crippen LogP contribution < -0.4 is 0 Å². The van der Waals surface area contributed by atoms with Crippen molar-refractivity contribution in [2.75, 3.05) is 47.0 Å². The third-order valence-electron chi connectivity index (χ3n) is 4.62. The minimum atomic E-state index is -0.269. The predicted octanol–water partition coefficient (Wildman–Crippen LogP) is 0.599. The van der Waals surface area contributed by atoms with E-state index in [4.69, 9.17) is 9.47 Å². The molecule has 1 saturated heterocycles. The van der Waals surface area contributed by atoms with Crippen LogP contribution in [0.2, 0.25) is 0 Å². The molecule has 3 heterocycles. The Hall–Kier alpha value is -1.44. The molecule has 1 aromatic heterocycles. The van der Waals surface area contributed by atoms with Crippen molar-refractivity contribution in [3.05, 3.63) is 18.0 Å². The highest BCUT2D eigenvalue weighted by Crippen LogP contribution is 2.21. The van der Waals surface area contributed by atoms with Crippen LogP contribution in [0.3, 0.4) is 0 Å². The first-order valence-electron chi connectivity index (χ1n) is 8.77. The Morgan fingerprint density at radius 1 is 1.46 bits per heavy atom. The van der Waals surface area contributed by atoms with E-state index in [2.05, 4.69) is 10.00 Å². The molecule has 2 aliphatic heterocycles. The average molecular weight is 336 g/mol. The van der Waals surface area contributed by atoms with Crippen LogP contribution >= 0.6 is 0 Å². The number of carbonyl (C=O) groups excluding carboxylic acids is 1. The van der Waals surface area contributed by atoms with E-state index in [-0.39, 0.29) is 17.9 Å². The number of ether oxygens (including phenoxy) is 2. The zero-order valence-electron chi connectivity index (χ0n) is 14.7. The Bertz CT molecular complexity index is 540. The topological polar surface area (TPSA) is 59.8 Å². The molecule has 7 heteroatoms. The van der Waals surface area contributed by atoms with Gasteiger partial charge in [0.05, 0.1) is 25.5 Å². The van der Waals surface area contributed by atoms with Gasteiger partial charge in [-0.3, -0.25) is 9.48 Å². The van der Waals surface area contributed by atoms with Gasteiger partial charge in [-0.1, -0.05) is 0 Å². The standard InChI is InChI=1S/C17H28N4O3/c1-19(2)7-9-23-13-14-10-20(17(22)16-4-3-8-24-16)12-15-5-6-18-21(15)11-14/h5-6,14,16H,3-4,7-13H2,1-2H3/t14-,16+/m0/s1. The fraction of sp³-hybridized carbons (Fsp3) is 0.765. The number of nitrogens with zero attached hydrogens (tertiary/aromatic N) is 4. The van der Waals surface area contributed by atoms with Gasteiger partial charge in [0, 0.05) is 38.4 Å². The van der Waals surface area contributed by atoms with Gasteiger partial charge >= 0.3 is 0 Å². The maximum Gasteiger partial charge on any atom is 0.252 e. The first-order valence-corrected chi connectivity index (χ1v) is 8.77. The van der Waals surface area contributed by atoms with Crippen molar-refractivity contribution in [2.45, 2.75) is 32.0 Å². The van der Waals surface area contributed by atoms with Crippen LogP contribution in [-0.2, 0) is 27.4 Å². The van der Waals surface area contributed by atoms with Gasteiger partial charge in [-0.05, 0) is 33.0 Å². The van der Waals surface area contributed by atoms with Gasteiger partial charge in [-0.2, -0.15) is 5.10 Å². The number of rotatable bonds is 6. The van der Waals surface area contributed by atoms with E-state index in [0.717, 1.165) is 31.6 Å². The lowest BCUT2D eigenvalue weighted by Gasteiger charge is -2.26. The summed E-state index contributed by atoms with van der Waals surface area (Å²) < 4.78 is 13.4. The van der Waals surface area contributed by atoms with E-state index < -0.39 is 0 Å². The summed E-state index contributed by atoms with van der Waals surface area (Å²) in [5.41, 5.74) is 1.08. The van der Waals surface area contributed by atoms with Gasteiger partial charge in [0.2, 0.25) is 0 Å². The average Bonchev–Trinajstić information content (AvgIpc) is 3.19. The minimum Gasteiger partial charge on any atom is -0.380 e. The molecule has 2 atom stereocenters. The predicted molar refractivity (Wildman–Crippen MR) is 89.5 cm³/mol. The molecule has 7 nitrogen and oxygen atoms in total. The molecule has 0 spiro atoms. The molecule has 0 bridgehead atoms. The quantitative estimate of drug-likeness (QED) is 0.712. The zero-order valence-corrected chi connectivity index (χ0v) is 14.7. The maximum absolute atomic E-state index is 12.8. The molecule has 0 saturated carbocycles. The molecule has 1 aromatic rings. The fourth-order valence-corrected chi connectivity index (χ4v) is 3.28. The summed E-state index contributed by atoms with van der Waals surface area (Å²) in [5, 5.41) is 4.40. The van der Waals surface area contributed by atoms with Crippen molar-refractivity contribution in [1.29, 1.82) is 0 Å². The van der Waals surface area contributed by atoms with E-state index in [1.165, 1.54) is 0 Å². The third kappa shape index (κ3) is 4.34. The van der Waals surface area contributed by atoms with Crippen molar-refractivity contribution >= 4 is 5.91 Å². The molecule has 1 amide bonds. The van der Waals surface area contributed by atoms with Gasteiger partial charge < -0.3 is 19.3 Å². The Balaban J connectivity index is 1.63. The maximum atomic E-state index is 12.8. The molecule has 0 aliphatic carbocycles. The van der Waals surface area contributed by atoms with Crippen LogP contribution in [0, 0.1) is 5.92 Å². The summed E-state index contributed by atoms with van der Waals surface area (Å²) >= 11 is 0. The van der Waals surface area contributed by atoms with Gasteiger partial charge in [0.1, 0.15) is 6.10 Å². The van der Waals surface area contributed by atoms with Crippen LogP contribution in [0.25, 0.3) is 0 Å². The number of hydrogen-bond acceptors (Lipinski definition) is 5. The third-order valence-corrected chi connectivity index (χ3v) is 4.62. The second-order valence-corrected chi connectivity index (χ2v) is 6.97. The first-order chi connectivity index (χ1) is 11.6. The summed E-state index contributed by atoms with van der Waals surface area (Å²) in [6.45, 7) is 5.03.